The van der Waals surface area contributed by atoms with Crippen LogP contribution in [0.5, 0.6) is 0 Å². The highest BCUT2D eigenvalue weighted by atomic mass is 35.5. The summed E-state index contributed by atoms with van der Waals surface area (Å²) in [5.41, 5.74) is 0.0705. The summed E-state index contributed by atoms with van der Waals surface area (Å²) in [7, 11) is 1.71. The SMILES string of the molecule is CC[C@H](C)[C@H](CO)N1C(=O)[C@@H]2[C@@H]3C(=O)N(C)CC=C[C@@H]3O[C@@]23C=CCN(c2c(C)cccc2Cl)C(=O)C13. The Morgan fingerprint density at radius 2 is 1.92 bits per heavy atom. The van der Waals surface area contributed by atoms with E-state index in [9.17, 15) is 19.5 Å². The molecular weight excluding hydrogens is 494 g/mol. The van der Waals surface area contributed by atoms with Gasteiger partial charge in [-0.2, -0.15) is 0 Å². The summed E-state index contributed by atoms with van der Waals surface area (Å²) in [6, 6.07) is 3.80. The molecule has 3 amide bonds. The minimum atomic E-state index is -1.34. The van der Waals surface area contributed by atoms with Crippen molar-refractivity contribution in [3.63, 3.8) is 0 Å². The Morgan fingerprint density at radius 3 is 2.59 bits per heavy atom. The smallest absolute Gasteiger partial charge is 0.253 e. The first kappa shape index (κ1) is 25.9. The van der Waals surface area contributed by atoms with Gasteiger partial charge in [0.2, 0.25) is 11.8 Å². The molecule has 0 aromatic heterocycles. The largest absolute Gasteiger partial charge is 0.394 e. The number of amides is 3. The molecule has 0 aliphatic carbocycles. The van der Waals surface area contributed by atoms with Crippen LogP contribution in [0.15, 0.2) is 42.5 Å². The summed E-state index contributed by atoms with van der Waals surface area (Å²) in [6.45, 7) is 6.20. The number of rotatable bonds is 5. The Morgan fingerprint density at radius 1 is 1.16 bits per heavy atom. The molecule has 9 heteroatoms. The first-order valence-corrected chi connectivity index (χ1v) is 13.3. The second-order valence-corrected chi connectivity index (χ2v) is 11.0. The van der Waals surface area contributed by atoms with Crippen molar-refractivity contribution in [3.8, 4) is 0 Å². The number of hydrogen-bond acceptors (Lipinski definition) is 5. The number of aliphatic hydroxyl groups excluding tert-OH is 1. The summed E-state index contributed by atoms with van der Waals surface area (Å²) in [4.78, 5) is 47.1. The zero-order chi connectivity index (χ0) is 26.6. The van der Waals surface area contributed by atoms with E-state index in [4.69, 9.17) is 16.3 Å². The number of carbonyl (C=O) groups is 3. The molecule has 7 atom stereocenters. The minimum absolute atomic E-state index is 0.0800. The molecule has 1 aromatic carbocycles. The quantitative estimate of drug-likeness (QED) is 0.594. The lowest BCUT2D eigenvalue weighted by molar-refractivity contribution is -0.147. The van der Waals surface area contributed by atoms with Crippen LogP contribution in [0, 0.1) is 24.7 Å². The number of nitrogens with zero attached hydrogens (tertiary/aromatic N) is 3. The molecular formula is C28H34ClN3O5. The van der Waals surface area contributed by atoms with Gasteiger partial charge in [-0.05, 0) is 24.5 Å². The summed E-state index contributed by atoms with van der Waals surface area (Å²) < 4.78 is 6.64. The zero-order valence-corrected chi connectivity index (χ0v) is 22.4. The number of likely N-dealkylation sites (N-methyl/N-ethyl adjacent to an activating group) is 1. The number of carbonyl (C=O) groups excluding carboxylic acids is 3. The number of hydrogen-bond donors (Lipinski definition) is 1. The van der Waals surface area contributed by atoms with Crippen molar-refractivity contribution < 1.29 is 24.2 Å². The normalized spacial score (nSPS) is 32.7. The number of para-hydroxylation sites is 1. The molecule has 8 nitrogen and oxygen atoms in total. The van der Waals surface area contributed by atoms with Crippen LogP contribution >= 0.6 is 11.6 Å². The third kappa shape index (κ3) is 3.75. The van der Waals surface area contributed by atoms with E-state index in [-0.39, 0.29) is 36.8 Å². The van der Waals surface area contributed by atoms with Crippen molar-refractivity contribution in [2.75, 3.05) is 31.6 Å². The standard InChI is InChI=1S/C28H34ClN3O5/c1-5-16(2)19(15-33)32-24-27(36)31(23-17(3)9-6-10-18(23)29)14-8-12-28(24)22(26(32)35)21-20(37-28)11-7-13-30(4)25(21)34/h6-12,16,19-22,24,33H,5,13-15H2,1-4H3/t16-,19-,20-,21+,22-,24?,28-/m0/s1. The second-order valence-electron chi connectivity index (χ2n) is 10.6. The predicted molar refractivity (Wildman–Crippen MR) is 140 cm³/mol. The predicted octanol–water partition coefficient (Wildman–Crippen LogP) is 2.57. The molecule has 2 saturated heterocycles. The fourth-order valence-electron chi connectivity index (χ4n) is 6.54. The van der Waals surface area contributed by atoms with Gasteiger partial charge in [-0.1, -0.05) is 68.3 Å². The van der Waals surface area contributed by atoms with Crippen molar-refractivity contribution in [3.05, 3.63) is 53.1 Å². The molecule has 2 fully saturated rings. The zero-order valence-electron chi connectivity index (χ0n) is 21.6. The van der Waals surface area contributed by atoms with Gasteiger partial charge in [0.25, 0.3) is 5.91 Å². The van der Waals surface area contributed by atoms with Gasteiger partial charge < -0.3 is 24.5 Å². The monoisotopic (exact) mass is 527 g/mol. The van der Waals surface area contributed by atoms with Crippen molar-refractivity contribution in [2.45, 2.75) is 51.0 Å². The Balaban J connectivity index is 1.69. The van der Waals surface area contributed by atoms with E-state index < -0.39 is 35.6 Å². The number of ether oxygens (including phenoxy) is 1. The highest BCUT2D eigenvalue weighted by Gasteiger charge is 2.72. The van der Waals surface area contributed by atoms with Gasteiger partial charge >= 0.3 is 0 Å². The van der Waals surface area contributed by atoms with Gasteiger partial charge in [0.1, 0.15) is 11.6 Å². The second kappa shape index (κ2) is 9.57. The molecule has 1 unspecified atom stereocenters. The van der Waals surface area contributed by atoms with Gasteiger partial charge in [-0.25, -0.2) is 0 Å². The van der Waals surface area contributed by atoms with Crippen LogP contribution in [0.25, 0.3) is 0 Å². The average Bonchev–Trinajstić information content (AvgIpc) is 3.20. The lowest BCUT2D eigenvalue weighted by Crippen LogP contribution is -2.59. The van der Waals surface area contributed by atoms with Gasteiger partial charge in [0.05, 0.1) is 41.3 Å². The maximum atomic E-state index is 14.5. The number of aliphatic hydroxyl groups is 1. The summed E-state index contributed by atoms with van der Waals surface area (Å²) in [5.74, 6) is -2.57. The van der Waals surface area contributed by atoms with Crippen molar-refractivity contribution in [2.24, 2.45) is 17.8 Å². The highest BCUT2D eigenvalue weighted by molar-refractivity contribution is 6.34. The van der Waals surface area contributed by atoms with Crippen LogP contribution in [-0.2, 0) is 19.1 Å². The van der Waals surface area contributed by atoms with Crippen LogP contribution in [0.1, 0.15) is 25.8 Å². The van der Waals surface area contributed by atoms with Gasteiger partial charge in [-0.15, -0.1) is 0 Å². The molecule has 4 heterocycles. The minimum Gasteiger partial charge on any atom is -0.394 e. The molecule has 5 rings (SSSR count). The third-order valence-electron chi connectivity index (χ3n) is 8.60. The van der Waals surface area contributed by atoms with Gasteiger partial charge in [-0.3, -0.25) is 14.4 Å². The Kier molecular flexibility index (Phi) is 6.71. The van der Waals surface area contributed by atoms with Crippen LogP contribution in [-0.4, -0.2) is 83.2 Å². The number of halogens is 1. The van der Waals surface area contributed by atoms with Crippen molar-refractivity contribution >= 4 is 35.0 Å². The molecule has 1 N–H and O–H groups in total. The Labute approximate surface area is 222 Å². The van der Waals surface area contributed by atoms with Crippen LogP contribution < -0.4 is 4.90 Å². The van der Waals surface area contributed by atoms with Crippen molar-refractivity contribution in [1.82, 2.24) is 9.80 Å². The Bertz CT molecular complexity index is 1160. The molecule has 37 heavy (non-hydrogen) atoms. The lowest BCUT2D eigenvalue weighted by Gasteiger charge is -2.40. The van der Waals surface area contributed by atoms with E-state index in [1.165, 1.54) is 4.90 Å². The first-order chi connectivity index (χ1) is 17.7. The van der Waals surface area contributed by atoms with Crippen LogP contribution in [0.4, 0.5) is 5.69 Å². The number of aryl methyl sites for hydroxylation is 1. The molecule has 0 radical (unpaired) electrons. The number of likely N-dealkylation sites (tertiary alicyclic amines) is 1. The number of benzene rings is 1. The number of fused-ring (bicyclic) bond motifs is 2. The van der Waals surface area contributed by atoms with E-state index in [1.807, 2.05) is 57.2 Å². The summed E-state index contributed by atoms with van der Waals surface area (Å²) >= 11 is 6.59. The van der Waals surface area contributed by atoms with Gasteiger partial charge in [0, 0.05) is 20.1 Å². The lowest BCUT2D eigenvalue weighted by atomic mass is 9.77. The van der Waals surface area contributed by atoms with Crippen LogP contribution in [0.3, 0.4) is 0 Å². The number of anilines is 1. The van der Waals surface area contributed by atoms with E-state index in [2.05, 4.69) is 0 Å². The molecule has 0 saturated carbocycles. The summed E-state index contributed by atoms with van der Waals surface area (Å²) in [5, 5.41) is 10.9. The summed E-state index contributed by atoms with van der Waals surface area (Å²) in [6.07, 6.45) is 7.43. The van der Waals surface area contributed by atoms with E-state index in [1.54, 1.807) is 22.9 Å². The third-order valence-corrected chi connectivity index (χ3v) is 8.91. The van der Waals surface area contributed by atoms with E-state index in [0.717, 1.165) is 5.56 Å². The highest BCUT2D eigenvalue weighted by Crippen LogP contribution is 2.54. The molecule has 0 bridgehead atoms. The Hall–Kier alpha value is -2.68. The van der Waals surface area contributed by atoms with Gasteiger partial charge in [0.15, 0.2) is 0 Å². The van der Waals surface area contributed by atoms with E-state index in [0.29, 0.717) is 23.7 Å². The molecule has 1 spiro atoms. The maximum absolute atomic E-state index is 14.5. The topological polar surface area (TPSA) is 90.4 Å². The van der Waals surface area contributed by atoms with E-state index >= 15 is 0 Å². The first-order valence-electron chi connectivity index (χ1n) is 12.9. The molecule has 4 aliphatic rings. The maximum Gasteiger partial charge on any atom is 0.253 e. The fourth-order valence-corrected chi connectivity index (χ4v) is 6.86. The molecule has 198 valence electrons. The van der Waals surface area contributed by atoms with Crippen molar-refractivity contribution in [1.29, 1.82) is 0 Å². The van der Waals surface area contributed by atoms with Crippen LogP contribution in [0.2, 0.25) is 5.02 Å². The molecule has 1 aromatic rings. The molecule has 4 aliphatic heterocycles. The fraction of sp³-hybridized carbons (Fsp3) is 0.536. The average molecular weight is 528 g/mol.